The zero-order chi connectivity index (χ0) is 20.0. The van der Waals surface area contributed by atoms with Gasteiger partial charge in [0.15, 0.2) is 0 Å². The molecule has 0 saturated carbocycles. The van der Waals surface area contributed by atoms with Crippen molar-refractivity contribution in [3.8, 4) is 5.75 Å². The summed E-state index contributed by atoms with van der Waals surface area (Å²) in [4.78, 5) is 14.2. The van der Waals surface area contributed by atoms with Crippen LogP contribution in [-0.2, 0) is 17.4 Å². The molecule has 2 rings (SSSR count). The summed E-state index contributed by atoms with van der Waals surface area (Å²) in [6, 6.07) is 12.3. The fourth-order valence-corrected chi connectivity index (χ4v) is 2.74. The van der Waals surface area contributed by atoms with Crippen LogP contribution in [0, 0.1) is 0 Å². The molecule has 27 heavy (non-hydrogen) atoms. The van der Waals surface area contributed by atoms with E-state index < -0.39 is 11.7 Å². The van der Waals surface area contributed by atoms with E-state index in [2.05, 4.69) is 5.32 Å². The molecule has 0 bridgehead atoms. The summed E-state index contributed by atoms with van der Waals surface area (Å²) in [7, 11) is 5.38. The van der Waals surface area contributed by atoms with Gasteiger partial charge in [0, 0.05) is 6.54 Å². The second-order valence-electron chi connectivity index (χ2n) is 6.43. The normalized spacial score (nSPS) is 12.7. The van der Waals surface area contributed by atoms with Gasteiger partial charge in [-0.25, -0.2) is 0 Å². The summed E-state index contributed by atoms with van der Waals surface area (Å²) in [5.41, 5.74) is 0.575. The van der Waals surface area contributed by atoms with Crippen molar-refractivity contribution < 1.29 is 22.7 Å². The van der Waals surface area contributed by atoms with Crippen LogP contribution in [0.15, 0.2) is 48.5 Å². The van der Waals surface area contributed by atoms with Gasteiger partial charge in [0.25, 0.3) is 0 Å². The molecule has 0 radical (unpaired) electrons. The van der Waals surface area contributed by atoms with Gasteiger partial charge >= 0.3 is 6.18 Å². The van der Waals surface area contributed by atoms with Crippen molar-refractivity contribution in [3.63, 3.8) is 0 Å². The molecule has 0 heterocycles. The maximum Gasteiger partial charge on any atom is 0.416 e. The number of hydrogen-bond acceptors (Lipinski definition) is 3. The molecule has 1 unspecified atom stereocenters. The quantitative estimate of drug-likeness (QED) is 0.797. The third-order valence-electron chi connectivity index (χ3n) is 4.24. The molecule has 4 nitrogen and oxygen atoms in total. The van der Waals surface area contributed by atoms with Crippen LogP contribution in [0.2, 0.25) is 0 Å². The van der Waals surface area contributed by atoms with Gasteiger partial charge in [-0.15, -0.1) is 0 Å². The summed E-state index contributed by atoms with van der Waals surface area (Å²) in [5, 5.41) is 2.80. The monoisotopic (exact) mass is 380 g/mol. The minimum Gasteiger partial charge on any atom is -0.497 e. The highest BCUT2D eigenvalue weighted by Crippen LogP contribution is 2.29. The first-order chi connectivity index (χ1) is 12.7. The summed E-state index contributed by atoms with van der Waals surface area (Å²) in [6.07, 6.45) is -4.52. The number of halogens is 3. The van der Waals surface area contributed by atoms with Crippen LogP contribution in [0.25, 0.3) is 0 Å². The summed E-state index contributed by atoms with van der Waals surface area (Å²) in [5.74, 6) is 0.416. The molecular weight excluding hydrogens is 357 g/mol. The van der Waals surface area contributed by atoms with Crippen LogP contribution in [0.4, 0.5) is 13.2 Å². The van der Waals surface area contributed by atoms with Crippen molar-refractivity contribution in [1.82, 2.24) is 10.2 Å². The van der Waals surface area contributed by atoms with Gasteiger partial charge in [0.2, 0.25) is 5.91 Å². The van der Waals surface area contributed by atoms with Crippen LogP contribution >= 0.6 is 0 Å². The highest BCUT2D eigenvalue weighted by atomic mass is 19.4. The van der Waals surface area contributed by atoms with Crippen molar-refractivity contribution in [1.29, 1.82) is 0 Å². The van der Waals surface area contributed by atoms with E-state index in [-0.39, 0.29) is 18.4 Å². The summed E-state index contributed by atoms with van der Waals surface area (Å²) >= 11 is 0. The Balaban J connectivity index is 1.99. The zero-order valence-electron chi connectivity index (χ0n) is 15.5. The number of rotatable bonds is 7. The molecule has 0 aliphatic rings. The highest BCUT2D eigenvalue weighted by molar-refractivity contribution is 5.78. The number of hydrogen-bond donors (Lipinski definition) is 1. The first-order valence-electron chi connectivity index (χ1n) is 8.44. The van der Waals surface area contributed by atoms with E-state index in [0.717, 1.165) is 23.4 Å². The Bertz CT molecular complexity index is 759. The Morgan fingerprint density at radius 1 is 1.15 bits per heavy atom. The van der Waals surface area contributed by atoms with Crippen molar-refractivity contribution in [2.24, 2.45) is 0 Å². The molecule has 1 atom stereocenters. The molecule has 0 aromatic heterocycles. The van der Waals surface area contributed by atoms with Crippen LogP contribution in [0.3, 0.4) is 0 Å². The van der Waals surface area contributed by atoms with E-state index in [1.54, 1.807) is 7.11 Å². The maximum atomic E-state index is 12.8. The topological polar surface area (TPSA) is 41.6 Å². The molecule has 0 saturated heterocycles. The Morgan fingerprint density at radius 2 is 1.81 bits per heavy atom. The Morgan fingerprint density at radius 3 is 2.37 bits per heavy atom. The molecule has 0 fully saturated rings. The molecule has 146 valence electrons. The van der Waals surface area contributed by atoms with Crippen molar-refractivity contribution in [2.45, 2.75) is 18.6 Å². The lowest BCUT2D eigenvalue weighted by molar-refractivity contribution is -0.137. The number of carbonyl (C=O) groups is 1. The fourth-order valence-electron chi connectivity index (χ4n) is 2.74. The molecule has 1 N–H and O–H groups in total. The van der Waals surface area contributed by atoms with Crippen LogP contribution < -0.4 is 10.1 Å². The number of methoxy groups -OCH3 is 1. The van der Waals surface area contributed by atoms with E-state index in [4.69, 9.17) is 4.74 Å². The number of benzene rings is 2. The average Bonchev–Trinajstić information content (AvgIpc) is 2.61. The van der Waals surface area contributed by atoms with Gasteiger partial charge in [-0.2, -0.15) is 13.2 Å². The van der Waals surface area contributed by atoms with E-state index in [0.29, 0.717) is 12.1 Å². The molecule has 0 aliphatic carbocycles. The largest absolute Gasteiger partial charge is 0.497 e. The number of alkyl halides is 3. The molecule has 7 heteroatoms. The van der Waals surface area contributed by atoms with Crippen LogP contribution in [0.1, 0.15) is 22.7 Å². The zero-order valence-corrected chi connectivity index (χ0v) is 15.5. The lowest BCUT2D eigenvalue weighted by atomic mass is 10.0. The second kappa shape index (κ2) is 8.90. The van der Waals surface area contributed by atoms with Crippen LogP contribution in [-0.4, -0.2) is 38.6 Å². The lowest BCUT2D eigenvalue weighted by Crippen LogP contribution is -2.35. The first-order valence-corrected chi connectivity index (χ1v) is 8.44. The second-order valence-corrected chi connectivity index (χ2v) is 6.43. The van der Waals surface area contributed by atoms with E-state index in [1.165, 1.54) is 12.1 Å². The molecule has 2 aromatic rings. The maximum absolute atomic E-state index is 12.8. The Labute approximate surface area is 156 Å². The predicted molar refractivity (Wildman–Crippen MR) is 97.6 cm³/mol. The van der Waals surface area contributed by atoms with Gasteiger partial charge in [-0.1, -0.05) is 30.3 Å². The van der Waals surface area contributed by atoms with E-state index in [9.17, 15) is 18.0 Å². The van der Waals surface area contributed by atoms with Crippen molar-refractivity contribution >= 4 is 5.91 Å². The first kappa shape index (κ1) is 20.8. The van der Waals surface area contributed by atoms with Gasteiger partial charge in [0.05, 0.1) is 25.1 Å². The third kappa shape index (κ3) is 5.99. The number of carbonyl (C=O) groups excluding carboxylic acids is 1. The third-order valence-corrected chi connectivity index (χ3v) is 4.24. The van der Waals surface area contributed by atoms with Crippen LogP contribution in [0.5, 0.6) is 5.75 Å². The Hall–Kier alpha value is -2.54. The fraction of sp³-hybridized carbons (Fsp3) is 0.350. The number of nitrogens with one attached hydrogen (secondary N) is 1. The van der Waals surface area contributed by atoms with Gasteiger partial charge in [0.1, 0.15) is 5.75 Å². The Kier molecular flexibility index (Phi) is 6.85. The molecule has 1 amide bonds. The van der Waals surface area contributed by atoms with E-state index >= 15 is 0 Å². The lowest BCUT2D eigenvalue weighted by Gasteiger charge is -2.25. The number of likely N-dealkylation sites (N-methyl/N-ethyl adjacent to an activating group) is 1. The van der Waals surface area contributed by atoms with Gasteiger partial charge < -0.3 is 15.0 Å². The van der Waals surface area contributed by atoms with Crippen molar-refractivity contribution in [3.05, 3.63) is 65.2 Å². The number of nitrogens with zero attached hydrogens (tertiary/aromatic N) is 1. The summed E-state index contributed by atoms with van der Waals surface area (Å²) in [6.45, 7) is 0.344. The average molecular weight is 380 g/mol. The standard InChI is InChI=1S/C20H23F3N2O2/c1-25(2)18(15-7-9-17(27-3)10-8-15)13-24-19(26)12-14-5-4-6-16(11-14)20(21,22)23/h4-11,18H,12-13H2,1-3H3,(H,24,26). The smallest absolute Gasteiger partial charge is 0.416 e. The minimum absolute atomic E-state index is 0.0682. The molecule has 0 aliphatic heterocycles. The predicted octanol–water partition coefficient (Wildman–Crippen LogP) is 3.68. The molecular formula is C20H23F3N2O2. The van der Waals surface area contributed by atoms with Gasteiger partial charge in [-0.3, -0.25) is 4.79 Å². The molecule has 0 spiro atoms. The van der Waals surface area contributed by atoms with Crippen molar-refractivity contribution in [2.75, 3.05) is 27.7 Å². The van der Waals surface area contributed by atoms with E-state index in [1.807, 2.05) is 43.3 Å². The number of amides is 1. The minimum atomic E-state index is -4.42. The summed E-state index contributed by atoms with van der Waals surface area (Å²) < 4.78 is 43.5. The highest BCUT2D eigenvalue weighted by Gasteiger charge is 2.30. The SMILES string of the molecule is COc1ccc(C(CNC(=O)Cc2cccc(C(F)(F)F)c2)N(C)C)cc1. The molecule has 2 aromatic carbocycles. The number of ether oxygens (including phenoxy) is 1. The van der Waals surface area contributed by atoms with Gasteiger partial charge in [-0.05, 0) is 43.4 Å².